The fourth-order valence-electron chi connectivity index (χ4n) is 4.13. The molecule has 25 heavy (non-hydrogen) atoms. The van der Waals surface area contributed by atoms with E-state index in [1.54, 1.807) is 4.90 Å². The predicted molar refractivity (Wildman–Crippen MR) is 89.9 cm³/mol. The molecular formula is C18H23N3O4. The molecule has 1 spiro atoms. The Labute approximate surface area is 145 Å². The van der Waals surface area contributed by atoms with E-state index in [0.717, 1.165) is 12.8 Å². The van der Waals surface area contributed by atoms with Gasteiger partial charge < -0.3 is 20.3 Å². The van der Waals surface area contributed by atoms with Gasteiger partial charge in [0, 0.05) is 37.3 Å². The van der Waals surface area contributed by atoms with Gasteiger partial charge in [-0.05, 0) is 37.5 Å². The molecule has 2 heterocycles. The van der Waals surface area contributed by atoms with Crippen molar-refractivity contribution >= 4 is 11.8 Å². The highest BCUT2D eigenvalue weighted by atomic mass is 16.3. The van der Waals surface area contributed by atoms with Crippen LogP contribution < -0.4 is 10.7 Å². The number of likely N-dealkylation sites (tertiary alicyclic amines) is 1. The van der Waals surface area contributed by atoms with Gasteiger partial charge in [0.1, 0.15) is 5.69 Å². The average Bonchev–Trinajstić information content (AvgIpc) is 3.35. The van der Waals surface area contributed by atoms with Crippen molar-refractivity contribution in [2.24, 2.45) is 11.3 Å². The van der Waals surface area contributed by atoms with Crippen molar-refractivity contribution in [2.75, 3.05) is 13.1 Å². The summed E-state index contributed by atoms with van der Waals surface area (Å²) in [5.41, 5.74) is 0.402. The second-order valence-electron chi connectivity index (χ2n) is 7.76. The molecule has 2 aliphatic carbocycles. The smallest absolute Gasteiger partial charge is 0.268 e. The quantitative estimate of drug-likeness (QED) is 0.731. The van der Waals surface area contributed by atoms with Crippen LogP contribution in [0.1, 0.15) is 42.6 Å². The largest absolute Gasteiger partial charge is 0.389 e. The maximum absolute atomic E-state index is 12.5. The first-order valence-corrected chi connectivity index (χ1v) is 8.92. The van der Waals surface area contributed by atoms with Crippen molar-refractivity contribution in [3.63, 3.8) is 0 Å². The minimum Gasteiger partial charge on any atom is -0.389 e. The topological polar surface area (TPSA) is 102 Å². The summed E-state index contributed by atoms with van der Waals surface area (Å²) in [4.78, 5) is 40.5. The number of carbonyl (C=O) groups is 2. The molecule has 4 rings (SSSR count). The summed E-state index contributed by atoms with van der Waals surface area (Å²) in [7, 11) is 0. The van der Waals surface area contributed by atoms with Gasteiger partial charge in [0.15, 0.2) is 5.43 Å². The maximum Gasteiger partial charge on any atom is 0.268 e. The zero-order chi connectivity index (χ0) is 17.6. The fourth-order valence-corrected chi connectivity index (χ4v) is 4.13. The number of carbonyl (C=O) groups excluding carboxylic acids is 2. The highest BCUT2D eigenvalue weighted by molar-refractivity contribution is 5.92. The fraction of sp³-hybridized carbons (Fsp3) is 0.611. The van der Waals surface area contributed by atoms with E-state index in [1.165, 1.54) is 31.2 Å². The Bertz CT molecular complexity index is 747. The molecule has 7 heteroatoms. The van der Waals surface area contributed by atoms with Crippen LogP contribution in [0.5, 0.6) is 0 Å². The molecule has 2 amide bonds. The Kier molecular flexibility index (Phi) is 3.91. The molecule has 1 aliphatic heterocycles. The number of aliphatic hydroxyl groups is 1. The van der Waals surface area contributed by atoms with E-state index in [0.29, 0.717) is 18.4 Å². The normalized spacial score (nSPS) is 27.6. The van der Waals surface area contributed by atoms with Gasteiger partial charge >= 0.3 is 0 Å². The lowest BCUT2D eigenvalue weighted by Gasteiger charge is -2.42. The van der Waals surface area contributed by atoms with Crippen LogP contribution in [0.4, 0.5) is 0 Å². The Hall–Kier alpha value is -2.15. The van der Waals surface area contributed by atoms with Gasteiger partial charge in [-0.3, -0.25) is 14.4 Å². The van der Waals surface area contributed by atoms with Crippen LogP contribution in [-0.2, 0) is 4.79 Å². The van der Waals surface area contributed by atoms with Crippen LogP contribution in [0, 0.1) is 11.3 Å². The highest BCUT2D eigenvalue weighted by Gasteiger charge is 2.55. The summed E-state index contributed by atoms with van der Waals surface area (Å²) in [6.07, 6.45) is 5.64. The summed E-state index contributed by atoms with van der Waals surface area (Å²) in [5.74, 6) is -0.153. The minimum absolute atomic E-state index is 0.121. The number of hydrogen-bond acceptors (Lipinski definition) is 4. The van der Waals surface area contributed by atoms with Crippen molar-refractivity contribution in [3.8, 4) is 0 Å². The number of H-pyrrole nitrogens is 1. The van der Waals surface area contributed by atoms with E-state index in [9.17, 15) is 19.5 Å². The van der Waals surface area contributed by atoms with Gasteiger partial charge in [0.05, 0.1) is 12.1 Å². The van der Waals surface area contributed by atoms with Gasteiger partial charge in [-0.1, -0.05) is 0 Å². The Morgan fingerprint density at radius 1 is 1.32 bits per heavy atom. The number of nitrogens with zero attached hydrogens (tertiary/aromatic N) is 1. The third kappa shape index (κ3) is 3.20. The van der Waals surface area contributed by atoms with Crippen LogP contribution in [0.15, 0.2) is 23.1 Å². The third-order valence-electron chi connectivity index (χ3n) is 5.89. The molecule has 134 valence electrons. The Morgan fingerprint density at radius 2 is 2.08 bits per heavy atom. The summed E-state index contributed by atoms with van der Waals surface area (Å²) < 4.78 is 0. The Balaban J connectivity index is 1.31. The lowest BCUT2D eigenvalue weighted by Crippen LogP contribution is -2.57. The summed E-state index contributed by atoms with van der Waals surface area (Å²) in [5, 5.41) is 13.1. The van der Waals surface area contributed by atoms with Crippen molar-refractivity contribution in [3.05, 3.63) is 34.2 Å². The van der Waals surface area contributed by atoms with Crippen molar-refractivity contribution in [1.29, 1.82) is 0 Å². The first-order chi connectivity index (χ1) is 12.0. The first-order valence-electron chi connectivity index (χ1n) is 8.92. The lowest BCUT2D eigenvalue weighted by molar-refractivity contribution is -0.144. The number of β-amino-alcohol motifs (C(OH)–C–C–N with tert-alkyl or cyclic N) is 1. The standard InChI is InChI=1S/C18H23N3O4/c22-12-1-5-19-14(7-12)16(24)20-13-2-6-21(10-15(13)23)17(25)11-8-18(9-11)3-4-18/h1,5,7,11,13,15,23H,2-4,6,8-10H2,(H,19,22)(H,20,24). The van der Waals surface area contributed by atoms with E-state index < -0.39 is 18.1 Å². The lowest BCUT2D eigenvalue weighted by atomic mass is 9.71. The number of pyridine rings is 1. The highest BCUT2D eigenvalue weighted by Crippen LogP contribution is 2.63. The van der Waals surface area contributed by atoms with E-state index in [-0.39, 0.29) is 29.5 Å². The summed E-state index contributed by atoms with van der Waals surface area (Å²) in [6, 6.07) is 2.14. The second kappa shape index (κ2) is 5.98. The van der Waals surface area contributed by atoms with Gasteiger partial charge in [-0.25, -0.2) is 0 Å². The zero-order valence-electron chi connectivity index (χ0n) is 14.0. The van der Waals surface area contributed by atoms with Crippen molar-refractivity contribution in [1.82, 2.24) is 15.2 Å². The van der Waals surface area contributed by atoms with Gasteiger partial charge in [0.2, 0.25) is 5.91 Å². The van der Waals surface area contributed by atoms with Crippen LogP contribution in [-0.4, -0.2) is 52.0 Å². The predicted octanol–water partition coefficient (Wildman–Crippen LogP) is 0.257. The van der Waals surface area contributed by atoms with E-state index in [4.69, 9.17) is 0 Å². The molecule has 1 aromatic rings. The number of aromatic nitrogens is 1. The van der Waals surface area contributed by atoms with E-state index in [2.05, 4.69) is 10.3 Å². The number of amides is 2. The number of aromatic amines is 1. The molecule has 1 saturated heterocycles. The van der Waals surface area contributed by atoms with Gasteiger partial charge in [-0.2, -0.15) is 0 Å². The number of aliphatic hydroxyl groups excluding tert-OH is 1. The molecule has 3 aliphatic rings. The molecule has 2 unspecified atom stereocenters. The van der Waals surface area contributed by atoms with Crippen LogP contribution in [0.25, 0.3) is 0 Å². The molecule has 2 saturated carbocycles. The molecule has 0 radical (unpaired) electrons. The Morgan fingerprint density at radius 3 is 2.72 bits per heavy atom. The third-order valence-corrected chi connectivity index (χ3v) is 5.89. The molecule has 2 atom stereocenters. The number of hydrogen-bond donors (Lipinski definition) is 3. The van der Waals surface area contributed by atoms with Gasteiger partial charge in [-0.15, -0.1) is 0 Å². The minimum atomic E-state index is -0.799. The van der Waals surface area contributed by atoms with Crippen molar-refractivity contribution < 1.29 is 14.7 Å². The molecule has 0 bridgehead atoms. The number of rotatable bonds is 3. The van der Waals surface area contributed by atoms with E-state index in [1.807, 2.05) is 0 Å². The maximum atomic E-state index is 12.5. The van der Waals surface area contributed by atoms with Crippen LogP contribution in [0.2, 0.25) is 0 Å². The average molecular weight is 345 g/mol. The second-order valence-corrected chi connectivity index (χ2v) is 7.76. The molecule has 1 aromatic heterocycles. The summed E-state index contributed by atoms with van der Waals surface area (Å²) >= 11 is 0. The molecule has 3 fully saturated rings. The zero-order valence-corrected chi connectivity index (χ0v) is 14.0. The molecular weight excluding hydrogens is 322 g/mol. The van der Waals surface area contributed by atoms with Crippen LogP contribution >= 0.6 is 0 Å². The number of nitrogens with one attached hydrogen (secondary N) is 2. The van der Waals surface area contributed by atoms with Crippen LogP contribution in [0.3, 0.4) is 0 Å². The number of piperidine rings is 1. The van der Waals surface area contributed by atoms with Gasteiger partial charge in [0.25, 0.3) is 5.91 Å². The summed E-state index contributed by atoms with van der Waals surface area (Å²) in [6.45, 7) is 0.786. The first kappa shape index (κ1) is 16.3. The molecule has 0 aromatic carbocycles. The molecule has 7 nitrogen and oxygen atoms in total. The SMILES string of the molecule is O=C(NC1CCN(C(=O)C2CC3(CC3)C2)CC1O)c1cc(=O)cc[nH]1. The van der Waals surface area contributed by atoms with E-state index >= 15 is 0 Å². The van der Waals surface area contributed by atoms with Crippen molar-refractivity contribution in [2.45, 2.75) is 44.2 Å². The molecule has 3 N–H and O–H groups in total. The monoisotopic (exact) mass is 345 g/mol.